The summed E-state index contributed by atoms with van der Waals surface area (Å²) >= 11 is 0. The number of ether oxygens (including phenoxy) is 3. The molecule has 0 aromatic rings. The fourth-order valence-electron chi connectivity index (χ4n) is 9.30. The molecule has 1 aliphatic rings. The van der Waals surface area contributed by atoms with E-state index in [2.05, 4.69) is 26.1 Å². The van der Waals surface area contributed by atoms with E-state index >= 15 is 0 Å². The number of aliphatic hydroxyl groups is 5. The smallest absolute Gasteiger partial charge is 0.306 e. The lowest BCUT2D eigenvalue weighted by Gasteiger charge is -2.41. The molecule has 0 aromatic heterocycles. The van der Waals surface area contributed by atoms with Gasteiger partial charge in [0.2, 0.25) is 5.91 Å². The molecule has 0 radical (unpaired) electrons. The number of hydrogen-bond donors (Lipinski definition) is 6. The number of unbranched alkanes of at least 4 members (excludes halogenated alkanes) is 35. The highest BCUT2D eigenvalue weighted by molar-refractivity contribution is 5.80. The average molecular weight is 968 g/mol. The molecule has 0 spiro atoms. The Hall–Kier alpha value is -1.60. The third-order valence-electron chi connectivity index (χ3n) is 13.9. The molecular formula is C57H109NO10. The molecule has 1 heterocycles. The van der Waals surface area contributed by atoms with Gasteiger partial charge in [-0.2, -0.15) is 0 Å². The second-order valence-electron chi connectivity index (χ2n) is 20.4. The van der Waals surface area contributed by atoms with Crippen molar-refractivity contribution >= 4 is 11.9 Å². The maximum absolute atomic E-state index is 13.4. The van der Waals surface area contributed by atoms with Crippen LogP contribution in [0.4, 0.5) is 0 Å². The van der Waals surface area contributed by atoms with Gasteiger partial charge in [0.25, 0.3) is 0 Å². The highest BCUT2D eigenvalue weighted by Crippen LogP contribution is 2.26. The first kappa shape index (κ1) is 64.4. The zero-order chi connectivity index (χ0) is 49.7. The number of carbonyl (C=O) groups is 2. The van der Waals surface area contributed by atoms with Gasteiger partial charge in [0.1, 0.15) is 24.4 Å². The SMILES string of the molecule is CCCCCCCCCCC/C=C/C(O)C(COC1OC(CO)C(O)C(O)C1OC(=O)CCCCCCCCCCCCCCCC)NC(=O)C(O)CCCCCCCCCCCCCCCC. The Balaban J connectivity index is 2.71. The van der Waals surface area contributed by atoms with E-state index in [1.807, 2.05) is 6.08 Å². The summed E-state index contributed by atoms with van der Waals surface area (Å²) in [7, 11) is 0. The highest BCUT2D eigenvalue weighted by atomic mass is 16.7. The summed E-state index contributed by atoms with van der Waals surface area (Å²) in [5.74, 6) is -1.18. The molecule has 8 atom stereocenters. The molecule has 68 heavy (non-hydrogen) atoms. The molecule has 0 aliphatic carbocycles. The summed E-state index contributed by atoms with van der Waals surface area (Å²) < 4.78 is 17.6. The molecule has 6 N–H and O–H groups in total. The predicted molar refractivity (Wildman–Crippen MR) is 278 cm³/mol. The van der Waals surface area contributed by atoms with E-state index in [-0.39, 0.29) is 13.0 Å². The van der Waals surface area contributed by atoms with Gasteiger partial charge in [0.05, 0.1) is 25.4 Å². The second-order valence-corrected chi connectivity index (χ2v) is 20.4. The van der Waals surface area contributed by atoms with E-state index in [9.17, 15) is 35.1 Å². The summed E-state index contributed by atoms with van der Waals surface area (Å²) in [6, 6.07) is -1.01. The van der Waals surface area contributed by atoms with Crippen LogP contribution in [0.3, 0.4) is 0 Å². The molecule has 0 aromatic carbocycles. The van der Waals surface area contributed by atoms with E-state index in [0.717, 1.165) is 57.8 Å². The lowest BCUT2D eigenvalue weighted by Crippen LogP contribution is -2.61. The first-order chi connectivity index (χ1) is 33.2. The highest BCUT2D eigenvalue weighted by Gasteiger charge is 2.47. The zero-order valence-electron chi connectivity index (χ0n) is 44.2. The number of aliphatic hydroxyl groups excluding tert-OH is 5. The van der Waals surface area contributed by atoms with E-state index in [1.54, 1.807) is 6.08 Å². The van der Waals surface area contributed by atoms with Crippen LogP contribution in [-0.2, 0) is 23.8 Å². The molecule has 1 amide bonds. The number of esters is 1. The molecule has 1 fully saturated rings. The van der Waals surface area contributed by atoms with Gasteiger partial charge in [-0.15, -0.1) is 0 Å². The minimum Gasteiger partial charge on any atom is -0.454 e. The van der Waals surface area contributed by atoms with E-state index in [4.69, 9.17) is 14.2 Å². The predicted octanol–water partition coefficient (Wildman–Crippen LogP) is 12.8. The second kappa shape index (κ2) is 46.5. The maximum atomic E-state index is 13.4. The summed E-state index contributed by atoms with van der Waals surface area (Å²) in [6.45, 7) is 5.79. The molecule has 1 saturated heterocycles. The van der Waals surface area contributed by atoms with Crippen LogP contribution >= 0.6 is 0 Å². The quantitative estimate of drug-likeness (QED) is 0.0196. The Bertz CT molecular complexity index is 1160. The molecule has 8 unspecified atom stereocenters. The first-order valence-electron chi connectivity index (χ1n) is 29.0. The average Bonchev–Trinajstić information content (AvgIpc) is 3.33. The van der Waals surface area contributed by atoms with Crippen molar-refractivity contribution in [2.24, 2.45) is 0 Å². The molecule has 11 nitrogen and oxygen atoms in total. The summed E-state index contributed by atoms with van der Waals surface area (Å²) in [5, 5.41) is 56.7. The molecule has 0 saturated carbocycles. The van der Waals surface area contributed by atoms with Crippen molar-refractivity contribution in [3.63, 3.8) is 0 Å². The van der Waals surface area contributed by atoms with Gasteiger partial charge in [0.15, 0.2) is 12.4 Å². The van der Waals surface area contributed by atoms with Gasteiger partial charge >= 0.3 is 5.97 Å². The third-order valence-corrected chi connectivity index (χ3v) is 13.9. The third kappa shape index (κ3) is 34.7. The minimum absolute atomic E-state index is 0.131. The van der Waals surface area contributed by atoms with Gasteiger partial charge < -0.3 is 45.1 Å². The number of nitrogens with one attached hydrogen (secondary N) is 1. The lowest BCUT2D eigenvalue weighted by molar-refractivity contribution is -0.305. The van der Waals surface area contributed by atoms with Crippen molar-refractivity contribution in [2.45, 2.75) is 327 Å². The van der Waals surface area contributed by atoms with Crippen molar-refractivity contribution < 1.29 is 49.3 Å². The van der Waals surface area contributed by atoms with E-state index in [1.165, 1.54) is 173 Å². The summed E-state index contributed by atoms with van der Waals surface area (Å²) in [6.07, 6.45) is 39.7. The number of amides is 1. The van der Waals surface area contributed by atoms with Crippen molar-refractivity contribution in [1.82, 2.24) is 5.32 Å². The zero-order valence-corrected chi connectivity index (χ0v) is 44.2. The van der Waals surface area contributed by atoms with Crippen LogP contribution in [0.1, 0.15) is 278 Å². The first-order valence-corrected chi connectivity index (χ1v) is 29.0. The normalized spacial score (nSPS) is 19.9. The number of rotatable bonds is 49. The van der Waals surface area contributed by atoms with Crippen molar-refractivity contribution in [1.29, 1.82) is 0 Å². The van der Waals surface area contributed by atoms with Crippen LogP contribution < -0.4 is 5.32 Å². The Morgan fingerprint density at radius 1 is 0.559 bits per heavy atom. The van der Waals surface area contributed by atoms with Gasteiger partial charge in [-0.3, -0.25) is 9.59 Å². The van der Waals surface area contributed by atoms with Crippen molar-refractivity contribution in [2.75, 3.05) is 13.2 Å². The standard InChI is InChI=1S/C57H109NO10/c1-4-7-10-13-16-19-22-24-26-29-32-35-38-41-44-50(61)56(65)58-48(49(60)43-40-37-34-31-28-21-18-15-12-9-6-3)47-66-57-55(54(64)53(63)51(46-59)67-57)68-52(62)45-42-39-36-33-30-27-25-23-20-17-14-11-8-5-2/h40,43,48-51,53-55,57,59-61,63-64H,4-39,41-42,44-47H2,1-3H3,(H,58,65)/b43-40+. The Kier molecular flexibility index (Phi) is 44.0. The van der Waals surface area contributed by atoms with Gasteiger partial charge in [-0.05, 0) is 25.7 Å². The fraction of sp³-hybridized carbons (Fsp3) is 0.930. The van der Waals surface area contributed by atoms with Crippen molar-refractivity contribution in [3.05, 3.63) is 12.2 Å². The molecule has 0 bridgehead atoms. The van der Waals surface area contributed by atoms with E-state index < -0.39 is 67.4 Å². The van der Waals surface area contributed by atoms with Crippen LogP contribution in [0, 0.1) is 0 Å². The molecule has 11 heteroatoms. The van der Waals surface area contributed by atoms with Crippen LogP contribution in [0.15, 0.2) is 12.2 Å². The lowest BCUT2D eigenvalue weighted by atomic mass is 9.99. The monoisotopic (exact) mass is 968 g/mol. The molecule has 402 valence electrons. The topological polar surface area (TPSA) is 175 Å². The number of allylic oxidation sites excluding steroid dienone is 1. The van der Waals surface area contributed by atoms with Crippen LogP contribution in [0.25, 0.3) is 0 Å². The number of carbonyl (C=O) groups excluding carboxylic acids is 2. The minimum atomic E-state index is -1.60. The van der Waals surface area contributed by atoms with Crippen LogP contribution in [-0.4, -0.2) is 99.6 Å². The Morgan fingerprint density at radius 2 is 0.956 bits per heavy atom. The fourth-order valence-corrected chi connectivity index (χ4v) is 9.30. The summed E-state index contributed by atoms with van der Waals surface area (Å²) in [4.78, 5) is 26.4. The largest absolute Gasteiger partial charge is 0.454 e. The van der Waals surface area contributed by atoms with Crippen LogP contribution in [0.2, 0.25) is 0 Å². The van der Waals surface area contributed by atoms with Gasteiger partial charge in [-0.1, -0.05) is 258 Å². The molecule has 1 rings (SSSR count). The van der Waals surface area contributed by atoms with E-state index in [0.29, 0.717) is 19.3 Å². The number of hydrogen-bond acceptors (Lipinski definition) is 10. The summed E-state index contributed by atoms with van der Waals surface area (Å²) in [5.41, 5.74) is 0. The van der Waals surface area contributed by atoms with Gasteiger partial charge in [-0.25, -0.2) is 0 Å². The van der Waals surface area contributed by atoms with Crippen molar-refractivity contribution in [3.8, 4) is 0 Å². The Morgan fingerprint density at radius 3 is 1.38 bits per heavy atom. The maximum Gasteiger partial charge on any atom is 0.306 e. The molecule has 1 aliphatic heterocycles. The van der Waals surface area contributed by atoms with Crippen LogP contribution in [0.5, 0.6) is 0 Å². The van der Waals surface area contributed by atoms with Gasteiger partial charge in [0, 0.05) is 6.42 Å². The Labute approximate surface area is 417 Å². The molecular weight excluding hydrogens is 859 g/mol.